The summed E-state index contributed by atoms with van der Waals surface area (Å²) in [5.41, 5.74) is -0.235. The van der Waals surface area contributed by atoms with Gasteiger partial charge in [0.25, 0.3) is 0 Å². The SMILES string of the molecule is CC(C)(C)C1NC(=O)CCN(CCCC2CCCC2)C1=O. The van der Waals surface area contributed by atoms with Crippen molar-refractivity contribution >= 4 is 11.8 Å². The van der Waals surface area contributed by atoms with Gasteiger partial charge >= 0.3 is 0 Å². The minimum Gasteiger partial charge on any atom is -0.344 e. The quantitative estimate of drug-likeness (QED) is 0.866. The predicted octanol–water partition coefficient (Wildman–Crippen LogP) is 2.72. The zero-order valence-electron chi connectivity index (χ0n) is 13.8. The van der Waals surface area contributed by atoms with Crippen LogP contribution in [-0.2, 0) is 9.59 Å². The highest BCUT2D eigenvalue weighted by molar-refractivity contribution is 5.90. The Morgan fingerprint density at radius 3 is 2.48 bits per heavy atom. The van der Waals surface area contributed by atoms with E-state index in [1.165, 1.54) is 32.1 Å². The predicted molar refractivity (Wildman–Crippen MR) is 83.8 cm³/mol. The molecule has 2 rings (SSSR count). The molecule has 21 heavy (non-hydrogen) atoms. The molecule has 2 aliphatic rings. The van der Waals surface area contributed by atoms with E-state index >= 15 is 0 Å². The van der Waals surface area contributed by atoms with Gasteiger partial charge in [-0.3, -0.25) is 9.59 Å². The summed E-state index contributed by atoms with van der Waals surface area (Å²) >= 11 is 0. The Balaban J connectivity index is 1.90. The monoisotopic (exact) mass is 294 g/mol. The average Bonchev–Trinajstić information content (AvgIpc) is 2.86. The lowest BCUT2D eigenvalue weighted by molar-refractivity contribution is -0.136. The molecular formula is C17H30N2O2. The maximum absolute atomic E-state index is 12.7. The summed E-state index contributed by atoms with van der Waals surface area (Å²) in [5.74, 6) is 0.964. The minimum absolute atomic E-state index is 0.00145. The average molecular weight is 294 g/mol. The molecular weight excluding hydrogens is 264 g/mol. The number of nitrogens with zero attached hydrogens (tertiary/aromatic N) is 1. The van der Waals surface area contributed by atoms with Gasteiger partial charge in [0.1, 0.15) is 6.04 Å². The van der Waals surface area contributed by atoms with Gasteiger partial charge in [-0.15, -0.1) is 0 Å². The molecule has 1 saturated carbocycles. The normalized spacial score (nSPS) is 25.1. The van der Waals surface area contributed by atoms with Gasteiger partial charge < -0.3 is 10.2 Å². The first kappa shape index (κ1) is 16.3. The van der Waals surface area contributed by atoms with Crippen LogP contribution in [0.1, 0.15) is 65.7 Å². The molecule has 0 radical (unpaired) electrons. The fourth-order valence-corrected chi connectivity index (χ4v) is 3.50. The summed E-state index contributed by atoms with van der Waals surface area (Å²) in [6.07, 6.45) is 8.20. The van der Waals surface area contributed by atoms with E-state index in [9.17, 15) is 9.59 Å². The molecule has 1 heterocycles. The van der Waals surface area contributed by atoms with E-state index in [0.717, 1.165) is 18.9 Å². The highest BCUT2D eigenvalue weighted by atomic mass is 16.2. The lowest BCUT2D eigenvalue weighted by Crippen LogP contribution is -2.52. The molecule has 1 unspecified atom stereocenters. The molecule has 1 N–H and O–H groups in total. The Morgan fingerprint density at radius 2 is 1.86 bits per heavy atom. The second-order valence-corrected chi connectivity index (χ2v) is 7.73. The standard InChI is InChI=1S/C17H30N2O2/c1-17(2,3)15-16(21)19(12-10-14(20)18-15)11-6-9-13-7-4-5-8-13/h13,15H,4-12H2,1-3H3,(H,18,20). The van der Waals surface area contributed by atoms with Crippen molar-refractivity contribution in [3.8, 4) is 0 Å². The molecule has 4 nitrogen and oxygen atoms in total. The molecule has 120 valence electrons. The van der Waals surface area contributed by atoms with Crippen molar-refractivity contribution in [2.24, 2.45) is 11.3 Å². The zero-order chi connectivity index (χ0) is 15.5. The van der Waals surface area contributed by atoms with Crippen LogP contribution < -0.4 is 5.32 Å². The van der Waals surface area contributed by atoms with Crippen molar-refractivity contribution in [2.45, 2.75) is 71.8 Å². The van der Waals surface area contributed by atoms with E-state index < -0.39 is 0 Å². The van der Waals surface area contributed by atoms with Crippen molar-refractivity contribution in [3.05, 3.63) is 0 Å². The lowest BCUT2D eigenvalue weighted by Gasteiger charge is -2.32. The fourth-order valence-electron chi connectivity index (χ4n) is 3.50. The summed E-state index contributed by atoms with van der Waals surface area (Å²) in [6.45, 7) is 7.41. The molecule has 0 aromatic carbocycles. The van der Waals surface area contributed by atoms with E-state index in [0.29, 0.717) is 13.0 Å². The first-order valence-electron chi connectivity index (χ1n) is 8.46. The van der Waals surface area contributed by atoms with Crippen LogP contribution in [-0.4, -0.2) is 35.8 Å². The number of carbonyl (C=O) groups excluding carboxylic acids is 2. The van der Waals surface area contributed by atoms with Crippen molar-refractivity contribution in [1.29, 1.82) is 0 Å². The fraction of sp³-hybridized carbons (Fsp3) is 0.882. The maximum Gasteiger partial charge on any atom is 0.245 e. The number of nitrogens with one attached hydrogen (secondary N) is 1. The van der Waals surface area contributed by atoms with Crippen molar-refractivity contribution < 1.29 is 9.59 Å². The number of rotatable bonds is 4. The third kappa shape index (κ3) is 4.45. The van der Waals surface area contributed by atoms with Gasteiger partial charge in [-0.05, 0) is 24.2 Å². The zero-order valence-corrected chi connectivity index (χ0v) is 13.8. The van der Waals surface area contributed by atoms with Crippen molar-refractivity contribution in [1.82, 2.24) is 10.2 Å². The maximum atomic E-state index is 12.7. The van der Waals surface area contributed by atoms with Gasteiger partial charge in [0.05, 0.1) is 0 Å². The number of hydrogen-bond donors (Lipinski definition) is 1. The Morgan fingerprint density at radius 1 is 1.19 bits per heavy atom. The summed E-state index contributed by atoms with van der Waals surface area (Å²) in [7, 11) is 0. The topological polar surface area (TPSA) is 49.4 Å². The van der Waals surface area contributed by atoms with E-state index in [1.54, 1.807) is 0 Å². The van der Waals surface area contributed by atoms with Crippen LogP contribution >= 0.6 is 0 Å². The second-order valence-electron chi connectivity index (χ2n) is 7.73. The third-order valence-corrected chi connectivity index (χ3v) is 4.85. The van der Waals surface area contributed by atoms with Gasteiger partial charge in [-0.25, -0.2) is 0 Å². The smallest absolute Gasteiger partial charge is 0.245 e. The lowest BCUT2D eigenvalue weighted by atomic mass is 9.86. The van der Waals surface area contributed by atoms with Gasteiger partial charge in [0.2, 0.25) is 11.8 Å². The molecule has 1 saturated heterocycles. The minimum atomic E-state index is -0.390. The number of carbonyl (C=O) groups is 2. The summed E-state index contributed by atoms with van der Waals surface area (Å²) in [6, 6.07) is -0.390. The molecule has 0 bridgehead atoms. The van der Waals surface area contributed by atoms with E-state index in [2.05, 4.69) is 5.32 Å². The van der Waals surface area contributed by atoms with Crippen LogP contribution in [0.4, 0.5) is 0 Å². The Bertz CT molecular complexity index is 381. The molecule has 1 aliphatic heterocycles. The van der Waals surface area contributed by atoms with E-state index in [1.807, 2.05) is 25.7 Å². The van der Waals surface area contributed by atoms with Crippen LogP contribution in [0.2, 0.25) is 0 Å². The Labute approximate surface area is 128 Å². The molecule has 4 heteroatoms. The number of amides is 2. The van der Waals surface area contributed by atoms with Crippen LogP contribution in [0.15, 0.2) is 0 Å². The molecule has 2 fully saturated rings. The van der Waals surface area contributed by atoms with Crippen molar-refractivity contribution in [2.75, 3.05) is 13.1 Å². The molecule has 1 atom stereocenters. The first-order valence-corrected chi connectivity index (χ1v) is 8.46. The van der Waals surface area contributed by atoms with Crippen LogP contribution in [0.25, 0.3) is 0 Å². The largest absolute Gasteiger partial charge is 0.344 e. The van der Waals surface area contributed by atoms with Gasteiger partial charge in [0.15, 0.2) is 0 Å². The van der Waals surface area contributed by atoms with Gasteiger partial charge in [-0.1, -0.05) is 46.5 Å². The highest BCUT2D eigenvalue weighted by Gasteiger charge is 2.37. The summed E-state index contributed by atoms with van der Waals surface area (Å²) < 4.78 is 0. The third-order valence-electron chi connectivity index (χ3n) is 4.85. The summed E-state index contributed by atoms with van der Waals surface area (Å²) in [4.78, 5) is 26.4. The molecule has 0 aromatic heterocycles. The van der Waals surface area contributed by atoms with Gasteiger partial charge in [0, 0.05) is 19.5 Å². The summed E-state index contributed by atoms with van der Waals surface area (Å²) in [5, 5.41) is 2.90. The molecule has 2 amide bonds. The van der Waals surface area contributed by atoms with Crippen molar-refractivity contribution in [3.63, 3.8) is 0 Å². The molecule has 0 aromatic rings. The van der Waals surface area contributed by atoms with Crippen LogP contribution in [0.5, 0.6) is 0 Å². The van der Waals surface area contributed by atoms with E-state index in [-0.39, 0.29) is 23.3 Å². The Hall–Kier alpha value is -1.06. The van der Waals surface area contributed by atoms with Crippen LogP contribution in [0.3, 0.4) is 0 Å². The van der Waals surface area contributed by atoms with E-state index in [4.69, 9.17) is 0 Å². The molecule has 0 spiro atoms. The Kier molecular flexibility index (Phi) is 5.28. The molecule has 1 aliphatic carbocycles. The van der Waals surface area contributed by atoms with Gasteiger partial charge in [-0.2, -0.15) is 0 Å². The first-order chi connectivity index (χ1) is 9.88. The second kappa shape index (κ2) is 6.80. The van der Waals surface area contributed by atoms with Crippen LogP contribution in [0, 0.1) is 11.3 Å². The number of hydrogen-bond acceptors (Lipinski definition) is 2. The highest BCUT2D eigenvalue weighted by Crippen LogP contribution is 2.29.